The van der Waals surface area contributed by atoms with Gasteiger partial charge >= 0.3 is 6.18 Å². The van der Waals surface area contributed by atoms with E-state index in [1.807, 2.05) is 6.07 Å². The largest absolute Gasteiger partial charge is 0.407 e. The molecule has 2 rings (SSSR count). The van der Waals surface area contributed by atoms with Crippen LogP contribution in [0, 0.1) is 23.1 Å². The van der Waals surface area contributed by atoms with Crippen LogP contribution in [-0.4, -0.2) is 29.6 Å². The molecule has 1 unspecified atom stereocenters. The van der Waals surface area contributed by atoms with E-state index in [9.17, 15) is 31.1 Å². The van der Waals surface area contributed by atoms with Gasteiger partial charge in [0.2, 0.25) is 5.91 Å². The van der Waals surface area contributed by atoms with Gasteiger partial charge in [-0.25, -0.2) is 13.2 Å². The summed E-state index contributed by atoms with van der Waals surface area (Å²) < 4.78 is 82.9. The average Bonchev–Trinajstić information content (AvgIpc) is 3.47. The van der Waals surface area contributed by atoms with E-state index in [0.29, 0.717) is 12.8 Å². The number of nitriles is 1. The molecule has 0 aromatic heterocycles. The molecule has 10 heteroatoms. The second-order valence-electron chi connectivity index (χ2n) is 8.04. The van der Waals surface area contributed by atoms with Crippen LogP contribution in [0.1, 0.15) is 57.6 Å². The Kier molecular flexibility index (Phi) is 7.63. The van der Waals surface area contributed by atoms with E-state index in [2.05, 4.69) is 10.6 Å². The molecule has 3 atom stereocenters. The first kappa shape index (κ1) is 25.0. The number of hydrogen-bond acceptors (Lipinski definition) is 3. The fourth-order valence-electron chi connectivity index (χ4n) is 3.12. The van der Waals surface area contributed by atoms with E-state index in [0.717, 1.165) is 24.3 Å². The number of rotatable bonds is 10. The minimum atomic E-state index is -4.87. The van der Waals surface area contributed by atoms with E-state index >= 15 is 0 Å². The normalized spacial score (nSPS) is 18.5. The average molecular weight is 449 g/mol. The van der Waals surface area contributed by atoms with Gasteiger partial charge in [-0.15, -0.1) is 0 Å². The molecule has 0 saturated heterocycles. The van der Waals surface area contributed by atoms with Crippen LogP contribution in [0.3, 0.4) is 0 Å². The molecule has 1 aliphatic rings. The first-order valence-corrected chi connectivity index (χ1v) is 10.0. The first-order valence-electron chi connectivity index (χ1n) is 10.0. The van der Waals surface area contributed by atoms with Crippen molar-refractivity contribution >= 4 is 5.91 Å². The lowest BCUT2D eigenvalue weighted by Gasteiger charge is -2.30. The summed E-state index contributed by atoms with van der Waals surface area (Å²) in [4.78, 5) is 12.7. The second kappa shape index (κ2) is 9.47. The summed E-state index contributed by atoms with van der Waals surface area (Å²) >= 11 is 0. The van der Waals surface area contributed by atoms with Crippen LogP contribution in [0.2, 0.25) is 0 Å². The molecule has 31 heavy (non-hydrogen) atoms. The number of nitrogens with one attached hydrogen (secondary N) is 2. The maximum absolute atomic E-state index is 14.3. The standard InChI is InChI=1S/C21H25F6N3O/c1-3-13(2)20(23,24)9-8-16(18(31)30-19(12-28)10-11-19)29-17(21(25,26)27)14-4-6-15(22)7-5-14/h4-7,13,16-17,29H,3,8-11H2,1-2H3,(H,30,31)/t13?,16-,17-/m0/s1. The molecule has 1 fully saturated rings. The van der Waals surface area contributed by atoms with Crippen LogP contribution in [-0.2, 0) is 4.79 Å². The van der Waals surface area contributed by atoms with Gasteiger partial charge in [0.15, 0.2) is 0 Å². The second-order valence-corrected chi connectivity index (χ2v) is 8.04. The van der Waals surface area contributed by atoms with Gasteiger partial charge < -0.3 is 5.32 Å². The number of alkyl halides is 5. The van der Waals surface area contributed by atoms with Crippen molar-refractivity contribution in [2.24, 2.45) is 5.92 Å². The molecule has 0 bridgehead atoms. The van der Waals surface area contributed by atoms with Crippen LogP contribution in [0.5, 0.6) is 0 Å². The van der Waals surface area contributed by atoms with Crippen LogP contribution in [0.15, 0.2) is 24.3 Å². The number of carbonyl (C=O) groups excluding carboxylic acids is 1. The van der Waals surface area contributed by atoms with Crippen molar-refractivity contribution in [3.8, 4) is 6.07 Å². The Balaban J connectivity index is 2.27. The zero-order valence-corrected chi connectivity index (χ0v) is 17.2. The molecular weight excluding hydrogens is 424 g/mol. The summed E-state index contributed by atoms with van der Waals surface area (Å²) in [5, 5.41) is 13.7. The zero-order valence-electron chi connectivity index (χ0n) is 17.2. The number of nitrogens with zero attached hydrogens (tertiary/aromatic N) is 1. The predicted octanol–water partition coefficient (Wildman–Crippen LogP) is 5.02. The Morgan fingerprint density at radius 3 is 2.23 bits per heavy atom. The Labute approximate surface area is 177 Å². The number of halogens is 6. The van der Waals surface area contributed by atoms with E-state index < -0.39 is 60.2 Å². The lowest BCUT2D eigenvalue weighted by atomic mass is 9.94. The van der Waals surface area contributed by atoms with Gasteiger partial charge in [-0.2, -0.15) is 18.4 Å². The fraction of sp³-hybridized carbons (Fsp3) is 0.619. The van der Waals surface area contributed by atoms with Crippen LogP contribution in [0.25, 0.3) is 0 Å². The van der Waals surface area contributed by atoms with Crippen molar-refractivity contribution in [2.45, 2.75) is 75.7 Å². The number of amides is 1. The van der Waals surface area contributed by atoms with Crippen molar-refractivity contribution in [3.05, 3.63) is 35.6 Å². The third-order valence-electron chi connectivity index (χ3n) is 5.64. The Morgan fingerprint density at radius 2 is 1.77 bits per heavy atom. The van der Waals surface area contributed by atoms with Gasteiger partial charge in [-0.3, -0.25) is 10.1 Å². The van der Waals surface area contributed by atoms with Crippen LogP contribution < -0.4 is 10.6 Å². The van der Waals surface area contributed by atoms with E-state index in [-0.39, 0.29) is 12.0 Å². The highest BCUT2D eigenvalue weighted by Crippen LogP contribution is 2.37. The maximum atomic E-state index is 14.3. The summed E-state index contributed by atoms with van der Waals surface area (Å²) in [7, 11) is 0. The number of carbonyl (C=O) groups is 1. The highest BCUT2D eigenvalue weighted by molar-refractivity contribution is 5.83. The lowest BCUT2D eigenvalue weighted by Crippen LogP contribution is -2.52. The fourth-order valence-corrected chi connectivity index (χ4v) is 3.12. The Morgan fingerprint density at radius 1 is 1.19 bits per heavy atom. The monoisotopic (exact) mass is 449 g/mol. The minimum absolute atomic E-state index is 0.162. The third-order valence-corrected chi connectivity index (χ3v) is 5.64. The van der Waals surface area contributed by atoms with Gasteiger partial charge in [0, 0.05) is 12.3 Å². The molecular formula is C21H25F6N3O. The number of hydrogen-bond donors (Lipinski definition) is 2. The van der Waals surface area contributed by atoms with Crippen LogP contribution in [0.4, 0.5) is 26.3 Å². The van der Waals surface area contributed by atoms with Gasteiger partial charge in [-0.1, -0.05) is 26.0 Å². The van der Waals surface area contributed by atoms with Gasteiger partial charge in [0.1, 0.15) is 17.4 Å². The van der Waals surface area contributed by atoms with Gasteiger partial charge in [0.05, 0.1) is 12.1 Å². The molecule has 2 N–H and O–H groups in total. The Hall–Kier alpha value is -2.28. The first-order chi connectivity index (χ1) is 14.3. The molecule has 1 aromatic rings. The summed E-state index contributed by atoms with van der Waals surface area (Å²) in [5.41, 5.74) is -1.53. The van der Waals surface area contributed by atoms with Crippen molar-refractivity contribution in [1.29, 1.82) is 5.26 Å². The molecule has 4 nitrogen and oxygen atoms in total. The van der Waals surface area contributed by atoms with Crippen molar-refractivity contribution < 1.29 is 31.1 Å². The van der Waals surface area contributed by atoms with Gasteiger partial charge in [0.25, 0.3) is 5.92 Å². The summed E-state index contributed by atoms with van der Waals surface area (Å²) in [6.07, 6.45) is -5.41. The molecule has 0 spiro atoms. The molecule has 0 radical (unpaired) electrons. The molecule has 0 heterocycles. The molecule has 1 aliphatic carbocycles. The quantitative estimate of drug-likeness (QED) is 0.493. The molecule has 0 aliphatic heterocycles. The lowest BCUT2D eigenvalue weighted by molar-refractivity contribution is -0.161. The summed E-state index contributed by atoms with van der Waals surface area (Å²) in [5.74, 6) is -5.88. The predicted molar refractivity (Wildman–Crippen MR) is 101 cm³/mol. The van der Waals surface area contributed by atoms with Crippen LogP contribution >= 0.6 is 0 Å². The Bertz CT molecular complexity index is 799. The minimum Gasteiger partial charge on any atom is -0.336 e. The van der Waals surface area contributed by atoms with E-state index in [1.165, 1.54) is 6.92 Å². The highest BCUT2D eigenvalue weighted by atomic mass is 19.4. The molecule has 1 aromatic carbocycles. The van der Waals surface area contributed by atoms with E-state index in [4.69, 9.17) is 5.26 Å². The number of benzene rings is 1. The molecule has 1 saturated carbocycles. The topological polar surface area (TPSA) is 64.9 Å². The highest BCUT2D eigenvalue weighted by Gasteiger charge is 2.48. The maximum Gasteiger partial charge on any atom is 0.407 e. The SMILES string of the molecule is CCC(C)C(F)(F)CC[C@H](N[C@@H](c1ccc(F)cc1)C(F)(F)F)C(=O)NC1(C#N)CC1. The summed E-state index contributed by atoms with van der Waals surface area (Å²) in [6, 6.07) is 1.41. The van der Waals surface area contributed by atoms with Crippen molar-refractivity contribution in [2.75, 3.05) is 0 Å². The molecule has 1 amide bonds. The smallest absolute Gasteiger partial charge is 0.336 e. The zero-order chi connectivity index (χ0) is 23.4. The van der Waals surface area contributed by atoms with E-state index in [1.54, 1.807) is 6.92 Å². The molecule has 172 valence electrons. The van der Waals surface area contributed by atoms with Crippen molar-refractivity contribution in [1.82, 2.24) is 10.6 Å². The summed E-state index contributed by atoms with van der Waals surface area (Å²) in [6.45, 7) is 2.90. The van der Waals surface area contributed by atoms with Crippen molar-refractivity contribution in [3.63, 3.8) is 0 Å². The third kappa shape index (κ3) is 6.60. The van der Waals surface area contributed by atoms with Gasteiger partial charge in [-0.05, 0) is 43.4 Å².